The lowest BCUT2D eigenvalue weighted by Gasteiger charge is -2.37. The van der Waals surface area contributed by atoms with Gasteiger partial charge in [-0.1, -0.05) is 30.7 Å². The molecule has 0 amide bonds. The van der Waals surface area contributed by atoms with Crippen LogP contribution in [0.25, 0.3) is 0 Å². The zero-order valence-electron chi connectivity index (χ0n) is 16.5. The first-order valence-corrected chi connectivity index (χ1v) is 10.2. The van der Waals surface area contributed by atoms with Crippen molar-refractivity contribution in [2.75, 3.05) is 26.2 Å². The minimum atomic E-state index is -0.535. The molecule has 27 heavy (non-hydrogen) atoms. The van der Waals surface area contributed by atoms with Crippen molar-refractivity contribution in [1.29, 1.82) is 0 Å². The molecular weight excluding hydrogens is 451 g/mol. The van der Waals surface area contributed by atoms with Gasteiger partial charge >= 0.3 is 0 Å². The van der Waals surface area contributed by atoms with Gasteiger partial charge in [0.05, 0.1) is 12.1 Å². The molecule has 1 saturated heterocycles. The molecule has 0 bridgehead atoms. The maximum absolute atomic E-state index is 10.2. The van der Waals surface area contributed by atoms with E-state index in [1.54, 1.807) is 0 Å². The van der Waals surface area contributed by atoms with Crippen molar-refractivity contribution >= 4 is 29.9 Å². The molecule has 1 heterocycles. The molecular formula is C21H35IN4O. The van der Waals surface area contributed by atoms with Gasteiger partial charge in [-0.05, 0) is 63.2 Å². The van der Waals surface area contributed by atoms with E-state index in [1.165, 1.54) is 43.5 Å². The first kappa shape index (κ1) is 22.4. The molecule has 3 rings (SSSR count). The number of hydrogen-bond donors (Lipinski definition) is 3. The number of halogens is 1. The third-order valence-electron chi connectivity index (χ3n) is 5.51. The molecule has 6 heteroatoms. The zero-order chi connectivity index (χ0) is 18.2. The highest BCUT2D eigenvalue weighted by molar-refractivity contribution is 14.0. The molecule has 1 aromatic carbocycles. The van der Waals surface area contributed by atoms with Crippen LogP contribution in [0, 0.1) is 0 Å². The summed E-state index contributed by atoms with van der Waals surface area (Å²) < 4.78 is 0. The third kappa shape index (κ3) is 7.23. The average Bonchev–Trinajstić information content (AvgIpc) is 2.64. The molecule has 0 atom stereocenters. The van der Waals surface area contributed by atoms with E-state index in [4.69, 9.17) is 0 Å². The zero-order valence-corrected chi connectivity index (χ0v) is 18.9. The number of aliphatic hydroxyl groups is 1. The largest absolute Gasteiger partial charge is 0.388 e. The molecule has 3 N–H and O–H groups in total. The van der Waals surface area contributed by atoms with Crippen LogP contribution in [0.1, 0.15) is 56.6 Å². The van der Waals surface area contributed by atoms with Crippen molar-refractivity contribution in [2.45, 2.75) is 64.1 Å². The SMILES string of the molecule is CCNC(=NCc1ccc(CN2CCCCC2)cc1)NCC1(O)CCC1.I. The summed E-state index contributed by atoms with van der Waals surface area (Å²) in [5, 5.41) is 16.8. The molecule has 1 saturated carbocycles. The monoisotopic (exact) mass is 486 g/mol. The molecule has 0 unspecified atom stereocenters. The summed E-state index contributed by atoms with van der Waals surface area (Å²) in [4.78, 5) is 7.21. The lowest BCUT2D eigenvalue weighted by atomic mass is 9.80. The van der Waals surface area contributed by atoms with Crippen molar-refractivity contribution in [3.8, 4) is 0 Å². The van der Waals surface area contributed by atoms with Gasteiger partial charge in [0.2, 0.25) is 0 Å². The van der Waals surface area contributed by atoms with Crippen LogP contribution in [0.3, 0.4) is 0 Å². The minimum Gasteiger partial charge on any atom is -0.388 e. The molecule has 0 spiro atoms. The smallest absolute Gasteiger partial charge is 0.191 e. The quantitative estimate of drug-likeness (QED) is 0.315. The number of nitrogens with one attached hydrogen (secondary N) is 2. The summed E-state index contributed by atoms with van der Waals surface area (Å²) in [6, 6.07) is 8.84. The number of benzene rings is 1. The predicted octanol–water partition coefficient (Wildman–Crippen LogP) is 3.26. The summed E-state index contributed by atoms with van der Waals surface area (Å²) in [7, 11) is 0. The Balaban J connectivity index is 0.00000261. The Morgan fingerprint density at radius 3 is 2.30 bits per heavy atom. The van der Waals surface area contributed by atoms with Crippen molar-refractivity contribution in [1.82, 2.24) is 15.5 Å². The van der Waals surface area contributed by atoms with Gasteiger partial charge in [-0.3, -0.25) is 4.90 Å². The van der Waals surface area contributed by atoms with Crippen LogP contribution in [0.15, 0.2) is 29.3 Å². The number of rotatable bonds is 7. The van der Waals surface area contributed by atoms with Gasteiger partial charge in [0.15, 0.2) is 5.96 Å². The second-order valence-electron chi connectivity index (χ2n) is 7.78. The van der Waals surface area contributed by atoms with Gasteiger partial charge in [-0.15, -0.1) is 24.0 Å². The van der Waals surface area contributed by atoms with Gasteiger partial charge < -0.3 is 15.7 Å². The number of nitrogens with zero attached hydrogens (tertiary/aromatic N) is 2. The molecule has 0 aromatic heterocycles. The van der Waals surface area contributed by atoms with Crippen LogP contribution >= 0.6 is 24.0 Å². The fraction of sp³-hybridized carbons (Fsp3) is 0.667. The van der Waals surface area contributed by atoms with Gasteiger partial charge in [0, 0.05) is 19.6 Å². The highest BCUT2D eigenvalue weighted by atomic mass is 127. The fourth-order valence-corrected chi connectivity index (χ4v) is 3.65. The van der Waals surface area contributed by atoms with Crippen molar-refractivity contribution in [2.24, 2.45) is 4.99 Å². The fourth-order valence-electron chi connectivity index (χ4n) is 3.65. The topological polar surface area (TPSA) is 59.9 Å². The van der Waals surface area contributed by atoms with E-state index in [1.807, 2.05) is 0 Å². The van der Waals surface area contributed by atoms with Crippen molar-refractivity contribution in [3.63, 3.8) is 0 Å². The van der Waals surface area contributed by atoms with Gasteiger partial charge in [-0.25, -0.2) is 4.99 Å². The summed E-state index contributed by atoms with van der Waals surface area (Å²) >= 11 is 0. The molecule has 1 aliphatic heterocycles. The van der Waals surface area contributed by atoms with E-state index in [2.05, 4.69) is 51.7 Å². The lowest BCUT2D eigenvalue weighted by molar-refractivity contribution is -0.0279. The molecule has 1 aliphatic carbocycles. The Labute approximate surface area is 181 Å². The summed E-state index contributed by atoms with van der Waals surface area (Å²) in [5.41, 5.74) is 2.07. The number of piperidine rings is 1. The minimum absolute atomic E-state index is 0. The molecule has 5 nitrogen and oxygen atoms in total. The standard InChI is InChI=1S/C21H34N4O.HI/c1-2-22-20(24-17-21(26)11-6-12-21)23-15-18-7-9-19(10-8-18)16-25-13-4-3-5-14-25;/h7-10,26H,2-6,11-17H2,1H3,(H2,22,23,24);1H. The highest BCUT2D eigenvalue weighted by Gasteiger charge is 2.34. The predicted molar refractivity (Wildman–Crippen MR) is 123 cm³/mol. The molecule has 0 radical (unpaired) electrons. The van der Waals surface area contributed by atoms with E-state index in [9.17, 15) is 5.11 Å². The van der Waals surface area contributed by atoms with Crippen molar-refractivity contribution in [3.05, 3.63) is 35.4 Å². The van der Waals surface area contributed by atoms with E-state index >= 15 is 0 Å². The van der Waals surface area contributed by atoms with Crippen LogP contribution in [0.5, 0.6) is 0 Å². The Kier molecular flexibility index (Phi) is 9.32. The molecule has 152 valence electrons. The van der Waals surface area contributed by atoms with Crippen LogP contribution in [0.2, 0.25) is 0 Å². The van der Waals surface area contributed by atoms with E-state index in [0.717, 1.165) is 38.3 Å². The number of hydrogen-bond acceptors (Lipinski definition) is 3. The normalized spacial score (nSPS) is 19.7. The average molecular weight is 486 g/mol. The molecule has 2 aliphatic rings. The maximum Gasteiger partial charge on any atom is 0.191 e. The van der Waals surface area contributed by atoms with Gasteiger partial charge in [0.25, 0.3) is 0 Å². The second kappa shape index (κ2) is 11.2. The second-order valence-corrected chi connectivity index (χ2v) is 7.78. The van der Waals surface area contributed by atoms with Crippen molar-refractivity contribution < 1.29 is 5.11 Å². The van der Waals surface area contributed by atoms with E-state index in [-0.39, 0.29) is 24.0 Å². The summed E-state index contributed by atoms with van der Waals surface area (Å²) in [6.45, 7) is 7.63. The molecule has 1 aromatic rings. The van der Waals surface area contributed by atoms with Crippen LogP contribution < -0.4 is 10.6 Å². The Morgan fingerprint density at radius 1 is 1.04 bits per heavy atom. The van der Waals surface area contributed by atoms with Crippen LogP contribution in [0.4, 0.5) is 0 Å². The van der Waals surface area contributed by atoms with Gasteiger partial charge in [-0.2, -0.15) is 0 Å². The maximum atomic E-state index is 10.2. The summed E-state index contributed by atoms with van der Waals surface area (Å²) in [5.74, 6) is 0.783. The Bertz CT molecular complexity index is 580. The number of aliphatic imine (C=N–C) groups is 1. The Morgan fingerprint density at radius 2 is 1.70 bits per heavy atom. The van der Waals surface area contributed by atoms with Crippen LogP contribution in [-0.4, -0.2) is 47.7 Å². The highest BCUT2D eigenvalue weighted by Crippen LogP contribution is 2.30. The van der Waals surface area contributed by atoms with E-state index < -0.39 is 5.60 Å². The lowest BCUT2D eigenvalue weighted by Crippen LogP contribution is -2.50. The van der Waals surface area contributed by atoms with Crippen LogP contribution in [-0.2, 0) is 13.1 Å². The summed E-state index contributed by atoms with van der Waals surface area (Å²) in [6.07, 6.45) is 6.95. The molecule has 2 fully saturated rings. The third-order valence-corrected chi connectivity index (χ3v) is 5.51. The number of guanidine groups is 1. The Hall–Kier alpha value is -0.860. The first-order valence-electron chi connectivity index (χ1n) is 10.2. The van der Waals surface area contributed by atoms with E-state index in [0.29, 0.717) is 13.1 Å². The van der Waals surface area contributed by atoms with Gasteiger partial charge in [0.1, 0.15) is 0 Å². The first-order chi connectivity index (χ1) is 12.7. The number of likely N-dealkylation sites (tertiary alicyclic amines) is 1.